The molecule has 1 aliphatic rings. The Hall–Kier alpha value is -3.46. The van der Waals surface area contributed by atoms with Gasteiger partial charge in [0.15, 0.2) is 5.82 Å². The number of likely N-dealkylation sites (N-methyl/N-ethyl adjacent to an activating group) is 1. The fourth-order valence-corrected chi connectivity index (χ4v) is 4.18. The zero-order chi connectivity index (χ0) is 22.1. The average Bonchev–Trinajstić information content (AvgIpc) is 3.27. The largest absolute Gasteiger partial charge is 0.353 e. The second-order valence-corrected chi connectivity index (χ2v) is 8.52. The molecule has 0 spiro atoms. The predicted molar refractivity (Wildman–Crippen MR) is 123 cm³/mol. The summed E-state index contributed by atoms with van der Waals surface area (Å²) in [5.41, 5.74) is 5.01. The highest BCUT2D eigenvalue weighted by atomic mass is 16.2. The zero-order valence-corrected chi connectivity index (χ0v) is 18.5. The van der Waals surface area contributed by atoms with Crippen LogP contribution in [0, 0.1) is 24.2 Å². The van der Waals surface area contributed by atoms with Crippen molar-refractivity contribution in [3.8, 4) is 17.3 Å². The summed E-state index contributed by atoms with van der Waals surface area (Å²) >= 11 is 0. The van der Waals surface area contributed by atoms with Crippen molar-refractivity contribution >= 4 is 22.8 Å². The molecule has 31 heavy (non-hydrogen) atoms. The van der Waals surface area contributed by atoms with Crippen molar-refractivity contribution in [2.45, 2.75) is 33.2 Å². The molecular weight excluding hydrogens is 386 g/mol. The molecule has 3 aromatic rings. The van der Waals surface area contributed by atoms with E-state index in [-0.39, 0.29) is 17.9 Å². The second-order valence-electron chi connectivity index (χ2n) is 8.52. The van der Waals surface area contributed by atoms with Crippen LogP contribution in [0.1, 0.15) is 31.4 Å². The van der Waals surface area contributed by atoms with Gasteiger partial charge in [-0.3, -0.25) is 4.79 Å². The zero-order valence-electron chi connectivity index (χ0n) is 18.5. The molecule has 158 valence electrons. The Balaban J connectivity index is 1.78. The lowest BCUT2D eigenvalue weighted by molar-refractivity contribution is -0.134. The van der Waals surface area contributed by atoms with Crippen LogP contribution in [0.3, 0.4) is 0 Å². The fraction of sp³-hybridized carbons (Fsp3) is 0.360. The minimum Gasteiger partial charge on any atom is -0.353 e. The number of aryl methyl sites for hydroxylation is 1. The van der Waals surface area contributed by atoms with Gasteiger partial charge in [0, 0.05) is 31.6 Å². The van der Waals surface area contributed by atoms with Crippen LogP contribution in [0.15, 0.2) is 42.5 Å². The summed E-state index contributed by atoms with van der Waals surface area (Å²) < 4.78 is 0. The number of fused-ring (bicyclic) bond motifs is 1. The molecule has 1 fully saturated rings. The number of hydrogen-bond donors (Lipinski definition) is 0. The molecule has 0 saturated carbocycles. The summed E-state index contributed by atoms with van der Waals surface area (Å²) in [6.07, 6.45) is 0.889. The predicted octanol–water partition coefficient (Wildman–Crippen LogP) is 4.17. The van der Waals surface area contributed by atoms with Gasteiger partial charge in [-0.25, -0.2) is 9.97 Å². The molecule has 1 atom stereocenters. The maximum atomic E-state index is 12.5. The van der Waals surface area contributed by atoms with Gasteiger partial charge in [-0.05, 0) is 43.2 Å². The number of carbonyl (C=O) groups is 1. The van der Waals surface area contributed by atoms with Gasteiger partial charge >= 0.3 is 0 Å². The molecule has 1 aromatic heterocycles. The lowest BCUT2D eigenvalue weighted by atomic mass is 10.0. The number of hydrogen-bond acceptors (Lipinski definition) is 5. The van der Waals surface area contributed by atoms with Crippen molar-refractivity contribution in [3.05, 3.63) is 53.6 Å². The quantitative estimate of drug-likeness (QED) is 0.642. The molecule has 0 aliphatic carbocycles. The van der Waals surface area contributed by atoms with Gasteiger partial charge < -0.3 is 9.80 Å². The SMILES string of the molecule is Cc1ccc(C#N)cc1-c1nc2ccccc2nc1N1CCC(N(C)C(=O)C(C)C)C1. The molecule has 6 nitrogen and oxygen atoms in total. The number of benzene rings is 2. The fourth-order valence-electron chi connectivity index (χ4n) is 4.18. The van der Waals surface area contributed by atoms with Gasteiger partial charge in [0.1, 0.15) is 5.69 Å². The summed E-state index contributed by atoms with van der Waals surface area (Å²) in [5, 5.41) is 9.41. The summed E-state index contributed by atoms with van der Waals surface area (Å²) in [6.45, 7) is 7.41. The van der Waals surface area contributed by atoms with Gasteiger partial charge in [0.05, 0.1) is 28.7 Å². The Kier molecular flexibility index (Phi) is 5.60. The van der Waals surface area contributed by atoms with E-state index in [1.807, 2.05) is 75.2 Å². The molecule has 1 saturated heterocycles. The highest BCUT2D eigenvalue weighted by molar-refractivity contribution is 5.85. The summed E-state index contributed by atoms with van der Waals surface area (Å²) in [7, 11) is 1.89. The number of amides is 1. The normalized spacial score (nSPS) is 16.0. The van der Waals surface area contributed by atoms with Crippen molar-refractivity contribution in [3.63, 3.8) is 0 Å². The second kappa shape index (κ2) is 8.35. The number of para-hydroxylation sites is 2. The van der Waals surface area contributed by atoms with E-state index in [1.165, 1.54) is 0 Å². The van der Waals surface area contributed by atoms with E-state index in [4.69, 9.17) is 9.97 Å². The molecule has 1 unspecified atom stereocenters. The minimum absolute atomic E-state index is 0.0218. The molecule has 1 amide bonds. The number of carbonyl (C=O) groups excluding carboxylic acids is 1. The standard InChI is InChI=1S/C25H27N5O/c1-16(2)25(31)29(4)19-11-12-30(15-19)24-23(20-13-18(14-26)10-9-17(20)3)27-21-7-5-6-8-22(21)28-24/h5-10,13,16,19H,11-12,15H2,1-4H3. The number of aromatic nitrogens is 2. The molecule has 2 aromatic carbocycles. The van der Waals surface area contributed by atoms with Crippen LogP contribution in [-0.2, 0) is 4.79 Å². The molecule has 0 N–H and O–H groups in total. The van der Waals surface area contributed by atoms with Crippen LogP contribution in [0.25, 0.3) is 22.3 Å². The Morgan fingerprint density at radius 3 is 2.58 bits per heavy atom. The first-order valence-electron chi connectivity index (χ1n) is 10.7. The molecular formula is C25H27N5O. The van der Waals surface area contributed by atoms with Gasteiger partial charge in [-0.2, -0.15) is 5.26 Å². The van der Waals surface area contributed by atoms with E-state index >= 15 is 0 Å². The molecule has 6 heteroatoms. The Morgan fingerprint density at radius 1 is 1.19 bits per heavy atom. The van der Waals surface area contributed by atoms with Gasteiger partial charge in [-0.1, -0.05) is 32.0 Å². The monoisotopic (exact) mass is 413 g/mol. The Bertz CT molecular complexity index is 1180. The van der Waals surface area contributed by atoms with Crippen molar-refractivity contribution in [2.24, 2.45) is 5.92 Å². The first-order valence-corrected chi connectivity index (χ1v) is 10.7. The number of nitriles is 1. The van der Waals surface area contributed by atoms with Crippen LogP contribution in [-0.4, -0.2) is 47.0 Å². The molecule has 0 radical (unpaired) electrons. The first kappa shape index (κ1) is 20.8. The van der Waals surface area contributed by atoms with Crippen LogP contribution < -0.4 is 4.90 Å². The van der Waals surface area contributed by atoms with Gasteiger partial charge in [0.2, 0.25) is 5.91 Å². The molecule has 1 aliphatic heterocycles. The van der Waals surface area contributed by atoms with Crippen LogP contribution in [0.4, 0.5) is 5.82 Å². The third-order valence-corrected chi connectivity index (χ3v) is 6.03. The number of anilines is 1. The van der Waals surface area contributed by atoms with Gasteiger partial charge in [0.25, 0.3) is 0 Å². The summed E-state index contributed by atoms with van der Waals surface area (Å²) in [6, 6.07) is 15.9. The van der Waals surface area contributed by atoms with E-state index in [9.17, 15) is 10.1 Å². The van der Waals surface area contributed by atoms with Crippen LogP contribution in [0.5, 0.6) is 0 Å². The molecule has 2 heterocycles. The van der Waals surface area contributed by atoms with Crippen molar-refractivity contribution < 1.29 is 4.79 Å². The van der Waals surface area contributed by atoms with Crippen LogP contribution >= 0.6 is 0 Å². The minimum atomic E-state index is -0.0218. The smallest absolute Gasteiger partial charge is 0.225 e. The highest BCUT2D eigenvalue weighted by Gasteiger charge is 2.32. The lowest BCUT2D eigenvalue weighted by Crippen LogP contribution is -2.41. The lowest BCUT2D eigenvalue weighted by Gasteiger charge is -2.27. The third-order valence-electron chi connectivity index (χ3n) is 6.03. The van der Waals surface area contributed by atoms with Crippen molar-refractivity contribution in [1.29, 1.82) is 5.26 Å². The number of rotatable bonds is 4. The maximum Gasteiger partial charge on any atom is 0.225 e. The molecule has 4 rings (SSSR count). The maximum absolute atomic E-state index is 12.5. The van der Waals surface area contributed by atoms with E-state index in [0.717, 1.165) is 46.6 Å². The highest BCUT2D eigenvalue weighted by Crippen LogP contribution is 2.34. The summed E-state index contributed by atoms with van der Waals surface area (Å²) in [5.74, 6) is 0.950. The van der Waals surface area contributed by atoms with E-state index in [1.54, 1.807) is 0 Å². The van der Waals surface area contributed by atoms with Gasteiger partial charge in [-0.15, -0.1) is 0 Å². The van der Waals surface area contributed by atoms with E-state index in [2.05, 4.69) is 11.0 Å². The van der Waals surface area contributed by atoms with E-state index in [0.29, 0.717) is 12.1 Å². The average molecular weight is 414 g/mol. The third kappa shape index (κ3) is 3.96. The van der Waals surface area contributed by atoms with Crippen molar-refractivity contribution in [2.75, 3.05) is 25.0 Å². The van der Waals surface area contributed by atoms with Crippen molar-refractivity contribution in [1.82, 2.24) is 14.9 Å². The molecule has 0 bridgehead atoms. The topological polar surface area (TPSA) is 73.1 Å². The Labute approximate surface area is 183 Å². The Morgan fingerprint density at radius 2 is 1.90 bits per heavy atom. The number of nitrogens with zero attached hydrogens (tertiary/aromatic N) is 5. The van der Waals surface area contributed by atoms with E-state index < -0.39 is 0 Å². The van der Waals surface area contributed by atoms with Crippen LogP contribution in [0.2, 0.25) is 0 Å². The first-order chi connectivity index (χ1) is 14.9. The summed E-state index contributed by atoms with van der Waals surface area (Å²) in [4.78, 5) is 26.5.